The number of ketones is 1. The lowest BCUT2D eigenvalue weighted by Crippen LogP contribution is -2.50. The Morgan fingerprint density at radius 3 is 1.77 bits per heavy atom. The predicted molar refractivity (Wildman–Crippen MR) is 117 cm³/mol. The van der Waals surface area contributed by atoms with E-state index >= 15 is 0 Å². The van der Waals surface area contributed by atoms with Gasteiger partial charge in [-0.05, 0) is 18.2 Å². The molecule has 3 aromatic rings. The highest BCUT2D eigenvalue weighted by atomic mass is 32.2. The molecule has 0 atom stereocenters. The number of nitrogens with zero attached hydrogens (tertiary/aromatic N) is 2. The maximum absolute atomic E-state index is 13.2. The highest BCUT2D eigenvalue weighted by molar-refractivity contribution is 7.89. The number of carbonyl (C=O) groups excluding carboxylic acids is 2. The highest BCUT2D eigenvalue weighted by Crippen LogP contribution is 2.20. The van der Waals surface area contributed by atoms with Crippen molar-refractivity contribution in [2.75, 3.05) is 26.2 Å². The van der Waals surface area contributed by atoms with E-state index in [9.17, 15) is 18.0 Å². The van der Waals surface area contributed by atoms with E-state index in [1.165, 1.54) is 4.31 Å². The minimum absolute atomic E-state index is 0.206. The largest absolute Gasteiger partial charge is 0.336 e. The molecule has 4 rings (SSSR count). The minimum atomic E-state index is -3.59. The van der Waals surface area contributed by atoms with Gasteiger partial charge in [0.25, 0.3) is 5.91 Å². The van der Waals surface area contributed by atoms with E-state index < -0.39 is 10.0 Å². The van der Waals surface area contributed by atoms with Crippen molar-refractivity contribution in [3.8, 4) is 0 Å². The molecule has 1 amide bonds. The average molecular weight is 435 g/mol. The monoisotopic (exact) mass is 434 g/mol. The molecule has 0 aromatic heterocycles. The third-order valence-corrected chi connectivity index (χ3v) is 7.26. The van der Waals surface area contributed by atoms with Crippen LogP contribution in [-0.2, 0) is 10.0 Å². The summed E-state index contributed by atoms with van der Waals surface area (Å²) >= 11 is 0. The van der Waals surface area contributed by atoms with Gasteiger partial charge in [0, 0.05) is 37.3 Å². The molecule has 0 saturated carbocycles. The Labute approximate surface area is 181 Å². The van der Waals surface area contributed by atoms with E-state index in [1.807, 2.05) is 6.07 Å². The van der Waals surface area contributed by atoms with E-state index in [-0.39, 0.29) is 42.8 Å². The van der Waals surface area contributed by atoms with Crippen LogP contribution in [0.25, 0.3) is 0 Å². The molecule has 6 nitrogen and oxygen atoms in total. The Hall–Kier alpha value is -3.29. The summed E-state index contributed by atoms with van der Waals surface area (Å²) in [6, 6.07) is 23.9. The standard InChI is InChI=1S/C24H22N2O4S/c27-23(19-9-3-1-4-10-19)21-13-7-8-14-22(21)24(28)25-15-17-26(18-16-25)31(29,30)20-11-5-2-6-12-20/h1-14H,15-18H2. The minimum Gasteiger partial charge on any atom is -0.336 e. The van der Waals surface area contributed by atoms with Crippen molar-refractivity contribution in [1.82, 2.24) is 9.21 Å². The Bertz CT molecular complexity index is 1190. The Morgan fingerprint density at radius 2 is 1.16 bits per heavy atom. The van der Waals surface area contributed by atoms with Gasteiger partial charge in [-0.15, -0.1) is 0 Å². The summed E-state index contributed by atoms with van der Waals surface area (Å²) in [5.41, 5.74) is 1.19. The molecule has 0 bridgehead atoms. The molecule has 7 heteroatoms. The van der Waals surface area contributed by atoms with E-state index in [4.69, 9.17) is 0 Å². The molecule has 1 aliphatic heterocycles. The molecule has 158 valence electrons. The van der Waals surface area contributed by atoms with Crippen molar-refractivity contribution >= 4 is 21.7 Å². The Morgan fingerprint density at radius 1 is 0.645 bits per heavy atom. The first kappa shape index (κ1) is 21.0. The fraction of sp³-hybridized carbons (Fsp3) is 0.167. The number of sulfonamides is 1. The van der Waals surface area contributed by atoms with Crippen LogP contribution in [0, 0.1) is 0 Å². The summed E-state index contributed by atoms with van der Waals surface area (Å²) in [5.74, 6) is -0.480. The van der Waals surface area contributed by atoms with E-state index in [0.717, 1.165) is 0 Å². The molecule has 1 fully saturated rings. The summed E-state index contributed by atoms with van der Waals surface area (Å²) in [4.78, 5) is 28.0. The quantitative estimate of drug-likeness (QED) is 0.579. The average Bonchev–Trinajstić information content (AvgIpc) is 2.84. The van der Waals surface area contributed by atoms with Crippen LogP contribution in [0.2, 0.25) is 0 Å². The summed E-state index contributed by atoms with van der Waals surface area (Å²) in [6.45, 7) is 0.938. The van der Waals surface area contributed by atoms with Gasteiger partial charge in [-0.2, -0.15) is 4.31 Å². The predicted octanol–water partition coefficient (Wildman–Crippen LogP) is 3.06. The van der Waals surface area contributed by atoms with Gasteiger partial charge >= 0.3 is 0 Å². The number of piperazine rings is 1. The van der Waals surface area contributed by atoms with Crippen molar-refractivity contribution in [3.05, 3.63) is 102 Å². The smallest absolute Gasteiger partial charge is 0.254 e. The topological polar surface area (TPSA) is 74.8 Å². The normalized spacial score (nSPS) is 14.9. The van der Waals surface area contributed by atoms with Crippen molar-refractivity contribution in [2.24, 2.45) is 0 Å². The number of amides is 1. The van der Waals surface area contributed by atoms with Gasteiger partial charge in [0.2, 0.25) is 10.0 Å². The molecule has 0 spiro atoms. The zero-order chi connectivity index (χ0) is 21.8. The SMILES string of the molecule is O=C(c1ccccc1)c1ccccc1C(=O)N1CCN(S(=O)(=O)c2ccccc2)CC1. The number of carbonyl (C=O) groups is 2. The van der Waals surface area contributed by atoms with Gasteiger partial charge < -0.3 is 4.90 Å². The molecule has 1 heterocycles. The highest BCUT2D eigenvalue weighted by Gasteiger charge is 2.31. The van der Waals surface area contributed by atoms with Crippen molar-refractivity contribution in [1.29, 1.82) is 0 Å². The summed E-state index contributed by atoms with van der Waals surface area (Å²) in [6.07, 6.45) is 0. The molecule has 3 aromatic carbocycles. The van der Waals surface area contributed by atoms with Crippen LogP contribution in [0.5, 0.6) is 0 Å². The van der Waals surface area contributed by atoms with Gasteiger partial charge in [0.15, 0.2) is 5.78 Å². The van der Waals surface area contributed by atoms with Crippen LogP contribution in [0.15, 0.2) is 89.8 Å². The van der Waals surface area contributed by atoms with Crippen LogP contribution in [0.4, 0.5) is 0 Å². The lowest BCUT2D eigenvalue weighted by Gasteiger charge is -2.34. The molecule has 0 aliphatic carbocycles. The van der Waals surface area contributed by atoms with E-state index in [2.05, 4.69) is 0 Å². The summed E-state index contributed by atoms with van der Waals surface area (Å²) in [5, 5.41) is 0. The number of hydrogen-bond acceptors (Lipinski definition) is 4. The third-order valence-electron chi connectivity index (χ3n) is 5.34. The third kappa shape index (κ3) is 4.28. The molecule has 31 heavy (non-hydrogen) atoms. The van der Waals surface area contributed by atoms with Crippen molar-refractivity contribution in [2.45, 2.75) is 4.90 Å². The van der Waals surface area contributed by atoms with Crippen LogP contribution >= 0.6 is 0 Å². The van der Waals surface area contributed by atoms with Crippen LogP contribution < -0.4 is 0 Å². The second-order valence-corrected chi connectivity index (χ2v) is 9.19. The molecule has 0 radical (unpaired) electrons. The maximum atomic E-state index is 13.2. The fourth-order valence-corrected chi connectivity index (χ4v) is 5.10. The van der Waals surface area contributed by atoms with Gasteiger partial charge in [0.1, 0.15) is 0 Å². The van der Waals surface area contributed by atoms with E-state index in [0.29, 0.717) is 16.7 Å². The molecule has 0 N–H and O–H groups in total. The number of rotatable bonds is 5. The second kappa shape index (κ2) is 8.83. The maximum Gasteiger partial charge on any atom is 0.254 e. The van der Waals surface area contributed by atoms with Crippen LogP contribution in [0.1, 0.15) is 26.3 Å². The van der Waals surface area contributed by atoms with Gasteiger partial charge in [-0.1, -0.05) is 66.7 Å². The molecular weight excluding hydrogens is 412 g/mol. The first-order valence-corrected chi connectivity index (χ1v) is 11.5. The molecule has 1 aliphatic rings. The van der Waals surface area contributed by atoms with Gasteiger partial charge in [-0.25, -0.2) is 8.42 Å². The zero-order valence-corrected chi connectivity index (χ0v) is 17.7. The second-order valence-electron chi connectivity index (χ2n) is 7.25. The van der Waals surface area contributed by atoms with E-state index in [1.54, 1.807) is 83.8 Å². The lowest BCUT2D eigenvalue weighted by molar-refractivity contribution is 0.0694. The fourth-order valence-electron chi connectivity index (χ4n) is 3.66. The van der Waals surface area contributed by atoms with Gasteiger partial charge in [0.05, 0.1) is 10.5 Å². The zero-order valence-electron chi connectivity index (χ0n) is 16.8. The van der Waals surface area contributed by atoms with Crippen molar-refractivity contribution < 1.29 is 18.0 Å². The molecule has 1 saturated heterocycles. The van der Waals surface area contributed by atoms with Crippen molar-refractivity contribution in [3.63, 3.8) is 0 Å². The number of benzene rings is 3. The molecule has 0 unspecified atom stereocenters. The molecular formula is C24H22N2O4S. The van der Waals surface area contributed by atoms with Crippen LogP contribution in [-0.4, -0.2) is 55.5 Å². The summed E-state index contributed by atoms with van der Waals surface area (Å²) in [7, 11) is -3.59. The lowest BCUT2D eigenvalue weighted by atomic mass is 9.97. The Kier molecular flexibility index (Phi) is 5.97. The summed E-state index contributed by atoms with van der Waals surface area (Å²) < 4.78 is 27.0. The first-order valence-electron chi connectivity index (χ1n) is 10.0. The Balaban J connectivity index is 1.51. The number of hydrogen-bond donors (Lipinski definition) is 0. The van der Waals surface area contributed by atoms with Gasteiger partial charge in [-0.3, -0.25) is 9.59 Å². The first-order chi connectivity index (χ1) is 15.0. The van der Waals surface area contributed by atoms with Crippen LogP contribution in [0.3, 0.4) is 0 Å².